The lowest BCUT2D eigenvalue weighted by molar-refractivity contribution is 0.102. The Morgan fingerprint density at radius 1 is 1.03 bits per heavy atom. The lowest BCUT2D eigenvalue weighted by Crippen LogP contribution is -2.17. The van der Waals surface area contributed by atoms with Gasteiger partial charge in [-0.3, -0.25) is 4.79 Å². The van der Waals surface area contributed by atoms with Gasteiger partial charge < -0.3 is 20.1 Å². The average Bonchev–Trinajstić information content (AvgIpc) is 2.73. The Morgan fingerprint density at radius 3 is 2.52 bits per heavy atom. The van der Waals surface area contributed by atoms with Gasteiger partial charge in [0.1, 0.15) is 17.2 Å². The first-order valence-electron chi connectivity index (χ1n) is 9.35. The quantitative estimate of drug-likeness (QED) is 0.601. The van der Waals surface area contributed by atoms with Crippen LogP contribution in [0.2, 0.25) is 0 Å². The lowest BCUT2D eigenvalue weighted by Gasteiger charge is -2.12. The van der Waals surface area contributed by atoms with Gasteiger partial charge in [0.05, 0.1) is 19.4 Å². The van der Waals surface area contributed by atoms with E-state index < -0.39 is 0 Å². The molecule has 150 valence electrons. The fourth-order valence-electron chi connectivity index (χ4n) is 2.82. The molecule has 7 nitrogen and oxygen atoms in total. The van der Waals surface area contributed by atoms with E-state index in [9.17, 15) is 4.79 Å². The number of nitrogens with zero attached hydrogens (tertiary/aromatic N) is 2. The van der Waals surface area contributed by atoms with Gasteiger partial charge in [0, 0.05) is 17.8 Å². The van der Waals surface area contributed by atoms with Gasteiger partial charge >= 0.3 is 0 Å². The number of benzene rings is 2. The Labute approximate surface area is 170 Å². The Morgan fingerprint density at radius 2 is 1.76 bits per heavy atom. The number of nitrogens with one attached hydrogen (secondary N) is 2. The van der Waals surface area contributed by atoms with Crippen LogP contribution in [0.5, 0.6) is 11.5 Å². The summed E-state index contributed by atoms with van der Waals surface area (Å²) in [5, 5.41) is 6.02. The van der Waals surface area contributed by atoms with Gasteiger partial charge in [-0.05, 0) is 38.1 Å². The molecule has 1 aromatic heterocycles. The molecule has 7 heteroatoms. The first-order valence-corrected chi connectivity index (χ1v) is 9.35. The van der Waals surface area contributed by atoms with Crippen LogP contribution in [0.1, 0.15) is 28.7 Å². The number of carbonyl (C=O) groups excluding carboxylic acids is 1. The number of hydrogen-bond acceptors (Lipinski definition) is 6. The lowest BCUT2D eigenvalue weighted by atomic mass is 10.2. The first-order chi connectivity index (χ1) is 14.1. The Bertz CT molecular complexity index is 991. The molecule has 0 saturated carbocycles. The molecular weight excluding hydrogens is 368 g/mol. The molecule has 1 heterocycles. The third-order valence-corrected chi connectivity index (χ3v) is 4.15. The number of aryl methyl sites for hydroxylation is 1. The van der Waals surface area contributed by atoms with Crippen molar-refractivity contribution in [2.45, 2.75) is 20.4 Å². The molecule has 0 unspecified atom stereocenters. The van der Waals surface area contributed by atoms with E-state index in [2.05, 4.69) is 20.6 Å². The summed E-state index contributed by atoms with van der Waals surface area (Å²) >= 11 is 0. The third kappa shape index (κ3) is 5.22. The number of hydrogen-bond donors (Lipinski definition) is 2. The van der Waals surface area contributed by atoms with E-state index >= 15 is 0 Å². The summed E-state index contributed by atoms with van der Waals surface area (Å²) in [4.78, 5) is 21.5. The summed E-state index contributed by atoms with van der Waals surface area (Å²) in [5.41, 5.74) is 2.52. The largest absolute Gasteiger partial charge is 0.496 e. The fraction of sp³-hybridized carbons (Fsp3) is 0.227. The van der Waals surface area contributed by atoms with E-state index in [-0.39, 0.29) is 11.6 Å². The van der Waals surface area contributed by atoms with E-state index in [1.807, 2.05) is 56.3 Å². The van der Waals surface area contributed by atoms with E-state index in [1.54, 1.807) is 19.2 Å². The standard InChI is InChI=1S/C22H24N4O3/c1-4-29-20-12-8-6-10-17(20)25-21(27)18-13-15(2)24-22(26-18)23-14-16-9-5-7-11-19(16)28-3/h5-13H,4,14H2,1-3H3,(H,25,27)(H,23,24,26). The number of aromatic nitrogens is 2. The van der Waals surface area contributed by atoms with Crippen molar-refractivity contribution in [1.82, 2.24) is 9.97 Å². The zero-order chi connectivity index (χ0) is 20.6. The Hall–Kier alpha value is -3.61. The van der Waals surface area contributed by atoms with Crippen LogP contribution in [0, 0.1) is 6.92 Å². The van der Waals surface area contributed by atoms with Crippen LogP contribution >= 0.6 is 0 Å². The van der Waals surface area contributed by atoms with Crippen LogP contribution < -0.4 is 20.1 Å². The smallest absolute Gasteiger partial charge is 0.274 e. The molecule has 0 fully saturated rings. The molecule has 0 bridgehead atoms. The van der Waals surface area contributed by atoms with Gasteiger partial charge in [-0.25, -0.2) is 9.97 Å². The highest BCUT2D eigenvalue weighted by Gasteiger charge is 2.13. The summed E-state index contributed by atoms with van der Waals surface area (Å²) in [6.07, 6.45) is 0. The van der Waals surface area contributed by atoms with Crippen LogP contribution in [-0.2, 0) is 6.54 Å². The normalized spacial score (nSPS) is 10.3. The van der Waals surface area contributed by atoms with E-state index in [0.29, 0.717) is 36.2 Å². The van der Waals surface area contributed by atoms with Crippen LogP contribution in [0.15, 0.2) is 54.6 Å². The molecule has 3 rings (SSSR count). The number of rotatable bonds is 8. The molecular formula is C22H24N4O3. The predicted octanol–water partition coefficient (Wildman–Crippen LogP) is 4.06. The van der Waals surface area contributed by atoms with Crippen molar-refractivity contribution in [3.05, 3.63) is 71.5 Å². The summed E-state index contributed by atoms with van der Waals surface area (Å²) in [6, 6.07) is 16.6. The molecule has 1 amide bonds. The van der Waals surface area contributed by atoms with Crippen molar-refractivity contribution >= 4 is 17.5 Å². The first kappa shape index (κ1) is 20.1. The second-order valence-electron chi connectivity index (χ2n) is 6.27. The van der Waals surface area contributed by atoms with Crippen LogP contribution in [0.3, 0.4) is 0 Å². The minimum atomic E-state index is -0.331. The van der Waals surface area contributed by atoms with E-state index in [0.717, 1.165) is 11.3 Å². The van der Waals surface area contributed by atoms with Crippen molar-refractivity contribution in [3.63, 3.8) is 0 Å². The molecule has 0 saturated heterocycles. The van der Waals surface area contributed by atoms with Gasteiger partial charge in [0.25, 0.3) is 5.91 Å². The highest BCUT2D eigenvalue weighted by Crippen LogP contribution is 2.24. The number of carbonyl (C=O) groups is 1. The molecule has 29 heavy (non-hydrogen) atoms. The number of amides is 1. The molecule has 2 N–H and O–H groups in total. The molecule has 2 aromatic carbocycles. The van der Waals surface area contributed by atoms with Crippen LogP contribution in [0.4, 0.5) is 11.6 Å². The zero-order valence-electron chi connectivity index (χ0n) is 16.7. The number of methoxy groups -OCH3 is 1. The summed E-state index contributed by atoms with van der Waals surface area (Å²) in [6.45, 7) is 4.70. The second kappa shape index (κ2) is 9.54. The van der Waals surface area contributed by atoms with E-state index in [4.69, 9.17) is 9.47 Å². The van der Waals surface area contributed by atoms with Gasteiger partial charge in [-0.15, -0.1) is 0 Å². The van der Waals surface area contributed by atoms with Gasteiger partial charge in [0.15, 0.2) is 0 Å². The van der Waals surface area contributed by atoms with Gasteiger partial charge in [-0.2, -0.15) is 0 Å². The maximum atomic E-state index is 12.7. The second-order valence-corrected chi connectivity index (χ2v) is 6.27. The molecule has 0 atom stereocenters. The predicted molar refractivity (Wildman–Crippen MR) is 113 cm³/mol. The van der Waals surface area contributed by atoms with Crippen molar-refractivity contribution in [3.8, 4) is 11.5 Å². The maximum absolute atomic E-state index is 12.7. The highest BCUT2D eigenvalue weighted by atomic mass is 16.5. The number of anilines is 2. The topological polar surface area (TPSA) is 85.4 Å². The fourth-order valence-corrected chi connectivity index (χ4v) is 2.82. The maximum Gasteiger partial charge on any atom is 0.274 e. The monoisotopic (exact) mass is 392 g/mol. The molecule has 0 radical (unpaired) electrons. The summed E-state index contributed by atoms with van der Waals surface area (Å²) in [5.74, 6) is 1.43. The molecule has 0 aliphatic heterocycles. The number of ether oxygens (including phenoxy) is 2. The average molecular weight is 392 g/mol. The third-order valence-electron chi connectivity index (χ3n) is 4.15. The van der Waals surface area contributed by atoms with Crippen molar-refractivity contribution in [2.24, 2.45) is 0 Å². The molecule has 3 aromatic rings. The van der Waals surface area contributed by atoms with Gasteiger partial charge in [0.2, 0.25) is 5.95 Å². The van der Waals surface area contributed by atoms with Crippen molar-refractivity contribution in [1.29, 1.82) is 0 Å². The minimum Gasteiger partial charge on any atom is -0.496 e. The van der Waals surface area contributed by atoms with Gasteiger partial charge in [-0.1, -0.05) is 30.3 Å². The minimum absolute atomic E-state index is 0.270. The van der Waals surface area contributed by atoms with Crippen molar-refractivity contribution < 1.29 is 14.3 Å². The summed E-state index contributed by atoms with van der Waals surface area (Å²) < 4.78 is 10.9. The van der Waals surface area contributed by atoms with Crippen molar-refractivity contribution in [2.75, 3.05) is 24.4 Å². The number of para-hydroxylation sites is 3. The molecule has 0 spiro atoms. The van der Waals surface area contributed by atoms with Crippen LogP contribution in [-0.4, -0.2) is 29.6 Å². The molecule has 0 aliphatic rings. The SMILES string of the molecule is CCOc1ccccc1NC(=O)c1cc(C)nc(NCc2ccccc2OC)n1. The Kier molecular flexibility index (Phi) is 6.63. The van der Waals surface area contributed by atoms with E-state index in [1.165, 1.54) is 0 Å². The molecule has 0 aliphatic carbocycles. The summed E-state index contributed by atoms with van der Waals surface area (Å²) in [7, 11) is 1.63. The van der Waals surface area contributed by atoms with Crippen LogP contribution in [0.25, 0.3) is 0 Å². The Balaban J connectivity index is 1.75. The highest BCUT2D eigenvalue weighted by molar-refractivity contribution is 6.03. The zero-order valence-corrected chi connectivity index (χ0v) is 16.7.